The van der Waals surface area contributed by atoms with E-state index < -0.39 is 0 Å². The molecule has 0 bridgehead atoms. The van der Waals surface area contributed by atoms with E-state index in [-0.39, 0.29) is 0 Å². The summed E-state index contributed by atoms with van der Waals surface area (Å²) in [6, 6.07) is 16.2. The fourth-order valence-corrected chi connectivity index (χ4v) is 2.96. The Kier molecular flexibility index (Phi) is 4.76. The van der Waals surface area contributed by atoms with Gasteiger partial charge >= 0.3 is 0 Å². The average Bonchev–Trinajstić information content (AvgIpc) is 3.14. The zero-order valence-electron chi connectivity index (χ0n) is 16.0. The van der Waals surface area contributed by atoms with E-state index in [1.165, 1.54) is 11.1 Å². The average molecular weight is 370 g/mol. The molecule has 0 aliphatic rings. The summed E-state index contributed by atoms with van der Waals surface area (Å²) in [4.78, 5) is 9.33. The molecule has 140 valence electrons. The number of anilines is 3. The van der Waals surface area contributed by atoms with Crippen LogP contribution in [0.25, 0.3) is 16.7 Å². The number of rotatable bonds is 6. The lowest BCUT2D eigenvalue weighted by Crippen LogP contribution is -2.07. The number of fused-ring (bicyclic) bond motifs is 1. The molecule has 0 radical (unpaired) electrons. The molecule has 6 nitrogen and oxygen atoms in total. The van der Waals surface area contributed by atoms with Gasteiger partial charge in [-0.25, -0.2) is 4.68 Å². The topological polar surface area (TPSA) is 67.7 Å². The van der Waals surface area contributed by atoms with Gasteiger partial charge in [-0.15, -0.1) is 6.58 Å². The van der Waals surface area contributed by atoms with Gasteiger partial charge in [0.05, 0.1) is 17.3 Å². The maximum atomic E-state index is 4.67. The molecule has 2 aromatic heterocycles. The number of nitrogens with zero attached hydrogens (tertiary/aromatic N) is 4. The van der Waals surface area contributed by atoms with Crippen LogP contribution in [-0.4, -0.2) is 26.3 Å². The van der Waals surface area contributed by atoms with Crippen molar-refractivity contribution in [3.63, 3.8) is 0 Å². The van der Waals surface area contributed by atoms with Gasteiger partial charge in [0.1, 0.15) is 5.82 Å². The van der Waals surface area contributed by atoms with Crippen LogP contribution in [0.2, 0.25) is 0 Å². The monoisotopic (exact) mass is 370 g/mol. The summed E-state index contributed by atoms with van der Waals surface area (Å²) in [7, 11) is 0. The lowest BCUT2D eigenvalue weighted by molar-refractivity contribution is 0.895. The summed E-state index contributed by atoms with van der Waals surface area (Å²) in [6.07, 6.45) is 3.57. The zero-order chi connectivity index (χ0) is 19.5. The first-order chi connectivity index (χ1) is 13.7. The molecule has 0 fully saturated rings. The van der Waals surface area contributed by atoms with E-state index in [4.69, 9.17) is 0 Å². The van der Waals surface area contributed by atoms with Crippen molar-refractivity contribution in [3.8, 4) is 5.69 Å². The molecule has 0 spiro atoms. The minimum absolute atomic E-state index is 0.524. The number of hydrogen-bond donors (Lipinski definition) is 2. The molecular formula is C22H22N6. The SMILES string of the molecule is C=CCNc1nc(Nc2ccc(C)c(C)c2)c2cnn(-c3ccccc3)c2n1. The molecule has 0 aliphatic heterocycles. The van der Waals surface area contributed by atoms with Crippen molar-refractivity contribution < 1.29 is 0 Å². The highest BCUT2D eigenvalue weighted by molar-refractivity contribution is 5.90. The second kappa shape index (κ2) is 7.52. The normalized spacial score (nSPS) is 10.8. The summed E-state index contributed by atoms with van der Waals surface area (Å²) in [5.74, 6) is 1.23. The lowest BCUT2D eigenvalue weighted by atomic mass is 10.1. The van der Waals surface area contributed by atoms with Crippen molar-refractivity contribution in [3.05, 3.63) is 78.5 Å². The predicted molar refractivity (Wildman–Crippen MR) is 115 cm³/mol. The van der Waals surface area contributed by atoms with Crippen LogP contribution in [-0.2, 0) is 0 Å². The Morgan fingerprint density at radius 3 is 2.61 bits per heavy atom. The van der Waals surface area contributed by atoms with E-state index in [2.05, 4.69) is 64.3 Å². The molecule has 2 aromatic carbocycles. The molecule has 0 saturated carbocycles. The Bertz CT molecular complexity index is 1130. The molecule has 28 heavy (non-hydrogen) atoms. The highest BCUT2D eigenvalue weighted by atomic mass is 15.3. The van der Waals surface area contributed by atoms with E-state index in [1.807, 2.05) is 35.0 Å². The van der Waals surface area contributed by atoms with Gasteiger partial charge in [-0.1, -0.05) is 30.3 Å². The summed E-state index contributed by atoms with van der Waals surface area (Å²) in [5.41, 5.74) is 5.14. The lowest BCUT2D eigenvalue weighted by Gasteiger charge is -2.11. The molecule has 0 atom stereocenters. The van der Waals surface area contributed by atoms with Crippen molar-refractivity contribution in [2.45, 2.75) is 13.8 Å². The number of aryl methyl sites for hydroxylation is 2. The minimum Gasteiger partial charge on any atom is -0.351 e. The molecule has 4 aromatic rings. The minimum atomic E-state index is 0.524. The first-order valence-electron chi connectivity index (χ1n) is 9.16. The predicted octanol–water partition coefficient (Wildman–Crippen LogP) is 4.77. The van der Waals surface area contributed by atoms with Gasteiger partial charge < -0.3 is 10.6 Å². The quantitative estimate of drug-likeness (QED) is 0.478. The van der Waals surface area contributed by atoms with Crippen molar-refractivity contribution in [2.75, 3.05) is 17.2 Å². The Morgan fingerprint density at radius 1 is 1.04 bits per heavy atom. The molecule has 4 rings (SSSR count). The standard InChI is InChI=1S/C22H22N6/c1-4-12-23-22-26-20(25-17-11-10-15(2)16(3)13-17)19-14-24-28(21(19)27-22)18-8-6-5-7-9-18/h4-11,13-14H,1,12H2,2-3H3,(H2,23,25,26,27). The molecule has 2 N–H and O–H groups in total. The van der Waals surface area contributed by atoms with E-state index in [0.717, 1.165) is 22.4 Å². The van der Waals surface area contributed by atoms with Crippen LogP contribution in [0.4, 0.5) is 17.5 Å². The van der Waals surface area contributed by atoms with Gasteiger partial charge in [-0.2, -0.15) is 15.1 Å². The van der Waals surface area contributed by atoms with Gasteiger partial charge in [0.2, 0.25) is 5.95 Å². The van der Waals surface area contributed by atoms with Crippen LogP contribution >= 0.6 is 0 Å². The molecule has 0 saturated heterocycles. The van der Waals surface area contributed by atoms with Gasteiger partial charge in [0.15, 0.2) is 5.65 Å². The highest BCUT2D eigenvalue weighted by Gasteiger charge is 2.14. The Labute approximate surface area is 164 Å². The van der Waals surface area contributed by atoms with Gasteiger partial charge in [-0.3, -0.25) is 0 Å². The second-order valence-electron chi connectivity index (χ2n) is 6.62. The van der Waals surface area contributed by atoms with Crippen LogP contribution in [0.1, 0.15) is 11.1 Å². The van der Waals surface area contributed by atoms with Crippen LogP contribution in [0.15, 0.2) is 67.4 Å². The van der Waals surface area contributed by atoms with Gasteiger partial charge in [-0.05, 0) is 49.2 Å². The summed E-state index contributed by atoms with van der Waals surface area (Å²) in [5, 5.41) is 12.0. The van der Waals surface area contributed by atoms with Crippen LogP contribution in [0.5, 0.6) is 0 Å². The highest BCUT2D eigenvalue weighted by Crippen LogP contribution is 2.27. The Balaban J connectivity index is 1.83. The molecule has 0 unspecified atom stereocenters. The maximum absolute atomic E-state index is 4.67. The number of hydrogen-bond acceptors (Lipinski definition) is 5. The fourth-order valence-electron chi connectivity index (χ4n) is 2.96. The number of para-hydroxylation sites is 1. The first kappa shape index (κ1) is 17.7. The third-order valence-electron chi connectivity index (χ3n) is 4.60. The number of benzene rings is 2. The summed E-state index contributed by atoms with van der Waals surface area (Å²) in [6.45, 7) is 8.53. The summed E-state index contributed by atoms with van der Waals surface area (Å²) < 4.78 is 1.82. The number of aromatic nitrogens is 4. The fraction of sp³-hybridized carbons (Fsp3) is 0.136. The molecule has 6 heteroatoms. The molecular weight excluding hydrogens is 348 g/mol. The van der Waals surface area contributed by atoms with Crippen LogP contribution in [0.3, 0.4) is 0 Å². The molecule has 0 aliphatic carbocycles. The number of nitrogens with one attached hydrogen (secondary N) is 2. The van der Waals surface area contributed by atoms with E-state index in [9.17, 15) is 0 Å². The van der Waals surface area contributed by atoms with Crippen molar-refractivity contribution in [1.29, 1.82) is 0 Å². The Hall–Kier alpha value is -3.67. The Morgan fingerprint density at radius 2 is 1.86 bits per heavy atom. The van der Waals surface area contributed by atoms with E-state index >= 15 is 0 Å². The van der Waals surface area contributed by atoms with Crippen molar-refractivity contribution in [1.82, 2.24) is 19.7 Å². The molecule has 0 amide bonds. The van der Waals surface area contributed by atoms with E-state index in [0.29, 0.717) is 18.3 Å². The smallest absolute Gasteiger partial charge is 0.226 e. The molecule has 2 heterocycles. The zero-order valence-corrected chi connectivity index (χ0v) is 16.0. The van der Waals surface area contributed by atoms with Gasteiger partial charge in [0.25, 0.3) is 0 Å². The third-order valence-corrected chi connectivity index (χ3v) is 4.60. The first-order valence-corrected chi connectivity index (χ1v) is 9.16. The third kappa shape index (κ3) is 3.44. The van der Waals surface area contributed by atoms with Crippen molar-refractivity contribution >= 4 is 28.5 Å². The van der Waals surface area contributed by atoms with Crippen LogP contribution in [0, 0.1) is 13.8 Å². The van der Waals surface area contributed by atoms with Crippen molar-refractivity contribution in [2.24, 2.45) is 0 Å². The summed E-state index contributed by atoms with van der Waals surface area (Å²) >= 11 is 0. The second-order valence-corrected chi connectivity index (χ2v) is 6.62. The van der Waals surface area contributed by atoms with E-state index in [1.54, 1.807) is 12.3 Å². The van der Waals surface area contributed by atoms with Crippen LogP contribution < -0.4 is 10.6 Å². The maximum Gasteiger partial charge on any atom is 0.226 e. The largest absolute Gasteiger partial charge is 0.351 e. The van der Waals surface area contributed by atoms with Gasteiger partial charge in [0, 0.05) is 12.2 Å².